The molecular weight excluding hydrogens is 811 g/mol. The number of hydrogen-bond acceptors (Lipinski definition) is 17. The van der Waals surface area contributed by atoms with E-state index in [0.717, 1.165) is 19.1 Å². The van der Waals surface area contributed by atoms with Crippen LogP contribution < -0.4 is 24.6 Å². The number of aliphatic hydroxyl groups is 2. The van der Waals surface area contributed by atoms with Crippen LogP contribution in [-0.4, -0.2) is 141 Å². The van der Waals surface area contributed by atoms with Gasteiger partial charge in [0.05, 0.1) is 109 Å². The Balaban J connectivity index is 2.13. The van der Waals surface area contributed by atoms with Crippen molar-refractivity contribution in [3.8, 4) is 11.5 Å². The SMILES string of the molecule is CC(=O)C(C)(C)C(=O)Oc1ccc(COC(=O)Nc2ccc(N(CCOCCOCCOCCO)OCCOCCCCOCCO)cc2OC(C)C)cc1NS(C)(=O)=O. The van der Waals surface area contributed by atoms with Crippen LogP contribution in [0.5, 0.6) is 11.5 Å². The third-order valence-electron chi connectivity index (χ3n) is 8.11. The summed E-state index contributed by atoms with van der Waals surface area (Å²) < 4.78 is 70.8. The van der Waals surface area contributed by atoms with Gasteiger partial charge in [0, 0.05) is 19.3 Å². The number of ketones is 1. The molecule has 2 aromatic carbocycles. The number of ether oxygens (including phenoxy) is 8. The largest absolute Gasteiger partial charge is 0.489 e. The molecule has 0 fully saturated rings. The van der Waals surface area contributed by atoms with Gasteiger partial charge in [-0.05, 0) is 77.3 Å². The second-order valence-electron chi connectivity index (χ2n) is 14.0. The van der Waals surface area contributed by atoms with Gasteiger partial charge in [-0.3, -0.25) is 29.5 Å². The fraction of sp³-hybridized carbons (Fsp3) is 0.625. The smallest absolute Gasteiger partial charge is 0.412 e. The first-order valence-corrected chi connectivity index (χ1v) is 21.6. The van der Waals surface area contributed by atoms with Crippen molar-refractivity contribution in [1.82, 2.24) is 0 Å². The highest BCUT2D eigenvalue weighted by atomic mass is 32.2. The zero-order valence-electron chi connectivity index (χ0n) is 35.5. The van der Waals surface area contributed by atoms with Gasteiger partial charge in [-0.15, -0.1) is 0 Å². The number of hydroxylamine groups is 1. The quantitative estimate of drug-likeness (QED) is 0.0263. The minimum Gasteiger partial charge on any atom is -0.489 e. The highest BCUT2D eigenvalue weighted by Crippen LogP contribution is 2.33. The van der Waals surface area contributed by atoms with E-state index >= 15 is 0 Å². The van der Waals surface area contributed by atoms with E-state index in [1.165, 1.54) is 39.0 Å². The van der Waals surface area contributed by atoms with Crippen molar-refractivity contribution in [1.29, 1.82) is 0 Å². The van der Waals surface area contributed by atoms with Gasteiger partial charge >= 0.3 is 12.1 Å². The van der Waals surface area contributed by atoms with Crippen LogP contribution in [0.3, 0.4) is 0 Å². The van der Waals surface area contributed by atoms with E-state index < -0.39 is 33.3 Å². The van der Waals surface area contributed by atoms with Crippen molar-refractivity contribution in [2.24, 2.45) is 5.41 Å². The summed E-state index contributed by atoms with van der Waals surface area (Å²) in [6.07, 6.45) is 1.40. The maximum atomic E-state index is 13.1. The van der Waals surface area contributed by atoms with Crippen LogP contribution in [0.1, 0.15) is 53.0 Å². The Kier molecular flexibility index (Phi) is 24.6. The summed E-state index contributed by atoms with van der Waals surface area (Å²) in [5.41, 5.74) is -0.298. The van der Waals surface area contributed by atoms with Gasteiger partial charge in [0.15, 0.2) is 5.75 Å². The summed E-state index contributed by atoms with van der Waals surface area (Å²) in [4.78, 5) is 43.8. The molecule has 0 saturated carbocycles. The van der Waals surface area contributed by atoms with E-state index in [4.69, 9.17) is 52.9 Å². The second-order valence-corrected chi connectivity index (χ2v) is 15.7. The monoisotopic (exact) mass is 873 g/mol. The molecule has 60 heavy (non-hydrogen) atoms. The Bertz CT molecular complexity index is 1670. The molecule has 0 radical (unpaired) electrons. The third-order valence-corrected chi connectivity index (χ3v) is 8.70. The van der Waals surface area contributed by atoms with E-state index in [9.17, 15) is 22.8 Å². The summed E-state index contributed by atoms with van der Waals surface area (Å²) >= 11 is 0. The van der Waals surface area contributed by atoms with Crippen LogP contribution in [0.2, 0.25) is 0 Å². The minimum absolute atomic E-state index is 0.0117. The number of hydrogen-bond donors (Lipinski definition) is 4. The van der Waals surface area contributed by atoms with Gasteiger partial charge in [0.1, 0.15) is 23.6 Å². The number of carbonyl (C=O) groups excluding carboxylic acids is 3. The highest BCUT2D eigenvalue weighted by Gasteiger charge is 2.35. The van der Waals surface area contributed by atoms with Crippen LogP contribution in [0.15, 0.2) is 36.4 Å². The van der Waals surface area contributed by atoms with Crippen molar-refractivity contribution < 1.29 is 75.7 Å². The maximum absolute atomic E-state index is 13.1. The average Bonchev–Trinajstić information content (AvgIpc) is 3.18. The molecule has 0 aliphatic heterocycles. The molecule has 20 heteroatoms. The van der Waals surface area contributed by atoms with Crippen molar-refractivity contribution in [2.45, 2.75) is 60.2 Å². The van der Waals surface area contributed by atoms with Crippen LogP contribution in [0, 0.1) is 5.41 Å². The molecule has 1 amide bonds. The van der Waals surface area contributed by atoms with Crippen LogP contribution in [-0.2, 0) is 59.5 Å². The Morgan fingerprint density at radius 1 is 0.750 bits per heavy atom. The van der Waals surface area contributed by atoms with E-state index in [-0.39, 0.29) is 57.2 Å². The van der Waals surface area contributed by atoms with Gasteiger partial charge in [-0.1, -0.05) is 6.07 Å². The van der Waals surface area contributed by atoms with Crippen LogP contribution in [0.25, 0.3) is 0 Å². The fourth-order valence-electron chi connectivity index (χ4n) is 4.73. The lowest BCUT2D eigenvalue weighted by atomic mass is 9.89. The first kappa shape index (κ1) is 52.0. The van der Waals surface area contributed by atoms with Gasteiger partial charge in [0.25, 0.3) is 0 Å². The molecule has 0 aromatic heterocycles. The van der Waals surface area contributed by atoms with Crippen molar-refractivity contribution in [2.75, 3.05) is 114 Å². The summed E-state index contributed by atoms with van der Waals surface area (Å²) in [5.74, 6) is -1.12. The number of carbonyl (C=O) groups is 3. The number of rotatable bonds is 33. The number of benzene rings is 2. The van der Waals surface area contributed by atoms with E-state index in [1.54, 1.807) is 23.3 Å². The molecular formula is C40H63N3O16S. The number of esters is 1. The number of nitrogens with zero attached hydrogens (tertiary/aromatic N) is 1. The van der Waals surface area contributed by atoms with E-state index in [1.807, 2.05) is 13.8 Å². The summed E-state index contributed by atoms with van der Waals surface area (Å²) in [7, 11) is -3.82. The molecule has 0 unspecified atom stereocenters. The molecule has 0 saturated heterocycles. The number of Topliss-reactive ketones (excluding diaryl/α,β-unsaturated/α-hetero) is 1. The number of nitrogens with one attached hydrogen (secondary N) is 2. The number of unbranched alkanes of at least 4 members (excludes halogenated alkanes) is 1. The number of amides is 1. The molecule has 0 bridgehead atoms. The first-order valence-electron chi connectivity index (χ1n) is 19.7. The molecule has 2 aromatic rings. The topological polar surface area (TPSA) is 236 Å². The van der Waals surface area contributed by atoms with E-state index in [2.05, 4.69) is 10.0 Å². The van der Waals surface area contributed by atoms with Crippen LogP contribution >= 0.6 is 0 Å². The molecule has 0 atom stereocenters. The Morgan fingerprint density at radius 3 is 1.93 bits per heavy atom. The minimum atomic E-state index is -3.82. The lowest BCUT2D eigenvalue weighted by molar-refractivity contribution is -0.149. The summed E-state index contributed by atoms with van der Waals surface area (Å²) in [6, 6.07) is 9.22. The molecule has 19 nitrogen and oxygen atoms in total. The van der Waals surface area contributed by atoms with Gasteiger partial charge < -0.3 is 48.1 Å². The van der Waals surface area contributed by atoms with Gasteiger partial charge in [0.2, 0.25) is 10.0 Å². The molecule has 0 heterocycles. The molecule has 2 rings (SSSR count). The Hall–Kier alpha value is -4.12. The summed E-state index contributed by atoms with van der Waals surface area (Å²) in [6.45, 7) is 11.6. The molecule has 4 N–H and O–H groups in total. The lowest BCUT2D eigenvalue weighted by Crippen LogP contribution is -2.35. The van der Waals surface area contributed by atoms with Crippen molar-refractivity contribution in [3.05, 3.63) is 42.0 Å². The lowest BCUT2D eigenvalue weighted by Gasteiger charge is -2.25. The fourth-order valence-corrected chi connectivity index (χ4v) is 5.29. The Morgan fingerprint density at radius 2 is 1.33 bits per heavy atom. The zero-order valence-corrected chi connectivity index (χ0v) is 36.3. The highest BCUT2D eigenvalue weighted by molar-refractivity contribution is 7.92. The predicted molar refractivity (Wildman–Crippen MR) is 222 cm³/mol. The van der Waals surface area contributed by atoms with Crippen molar-refractivity contribution in [3.63, 3.8) is 0 Å². The first-order chi connectivity index (χ1) is 28.6. The zero-order chi connectivity index (χ0) is 44.4. The molecule has 0 aliphatic carbocycles. The standard InChI is InChI=1S/C40H63N3O16S/c1-30(2)58-37-28-33(43(13-18-53-21-23-55-24-22-54-20-15-45)57-26-25-52-17-8-7-16-51-19-14-44)10-11-34(37)41-39(48)56-29-32-9-12-36(35(27-32)42-60(6,49)50)59-38(47)40(4,5)31(3)46/h9-12,27-28,30,42,44-45H,7-8,13-26,29H2,1-6H3,(H,41,48). The number of anilines is 3. The number of aliphatic hydroxyl groups excluding tert-OH is 2. The molecule has 0 aliphatic rings. The Labute approximate surface area is 352 Å². The molecule has 340 valence electrons. The summed E-state index contributed by atoms with van der Waals surface area (Å²) in [5, 5.41) is 21.9. The average molecular weight is 874 g/mol. The normalized spacial score (nSPS) is 11.7. The van der Waals surface area contributed by atoms with Gasteiger partial charge in [-0.25, -0.2) is 13.2 Å². The van der Waals surface area contributed by atoms with Crippen LogP contribution in [0.4, 0.5) is 21.9 Å². The van der Waals surface area contributed by atoms with E-state index in [0.29, 0.717) is 82.1 Å². The number of sulfonamides is 1. The van der Waals surface area contributed by atoms with Crippen molar-refractivity contribution >= 4 is 44.9 Å². The third kappa shape index (κ3) is 21.4. The second kappa shape index (κ2) is 28.4. The molecule has 0 spiro atoms. The van der Waals surface area contributed by atoms with Gasteiger partial charge in [-0.2, -0.15) is 0 Å². The predicted octanol–water partition coefficient (Wildman–Crippen LogP) is 3.70. The maximum Gasteiger partial charge on any atom is 0.412 e.